The quantitative estimate of drug-likeness (QED) is 0.622. The minimum Gasteiger partial charge on any atom is -0.388 e. The van der Waals surface area contributed by atoms with Crippen LogP contribution < -0.4 is 4.72 Å². The Kier molecular flexibility index (Phi) is 4.59. The van der Waals surface area contributed by atoms with E-state index in [-0.39, 0.29) is 17.1 Å². The number of hydrogen-bond acceptors (Lipinski definition) is 5. The lowest BCUT2D eigenvalue weighted by molar-refractivity contribution is -0.384. The molecule has 1 atom stereocenters. The predicted molar refractivity (Wildman–Crippen MR) is 91.7 cm³/mol. The summed E-state index contributed by atoms with van der Waals surface area (Å²) in [5.41, 5.74) is 0.861. The van der Waals surface area contributed by atoms with Crippen LogP contribution in [0.2, 0.25) is 0 Å². The topological polar surface area (TPSA) is 110 Å². The Morgan fingerprint density at radius 2 is 1.76 bits per heavy atom. The highest BCUT2D eigenvalue weighted by atomic mass is 32.2. The highest BCUT2D eigenvalue weighted by molar-refractivity contribution is 7.89. The molecule has 0 heterocycles. The Balaban J connectivity index is 1.71. The number of aryl methyl sites for hydroxylation is 1. The van der Waals surface area contributed by atoms with Gasteiger partial charge >= 0.3 is 0 Å². The van der Waals surface area contributed by atoms with Gasteiger partial charge in [0, 0.05) is 25.1 Å². The van der Waals surface area contributed by atoms with Crippen LogP contribution in [0.4, 0.5) is 5.69 Å². The number of nitro groups is 1. The second kappa shape index (κ2) is 6.55. The molecule has 0 saturated carbocycles. The number of sulfonamides is 1. The summed E-state index contributed by atoms with van der Waals surface area (Å²) in [5, 5.41) is 21.4. The molecule has 0 radical (unpaired) electrons. The van der Waals surface area contributed by atoms with Crippen LogP contribution in [0.25, 0.3) is 0 Å². The van der Waals surface area contributed by atoms with Crippen molar-refractivity contribution < 1.29 is 18.4 Å². The lowest BCUT2D eigenvalue weighted by atomic mass is 9.80. The zero-order valence-corrected chi connectivity index (χ0v) is 14.2. The molecule has 2 aromatic rings. The molecule has 1 unspecified atom stereocenters. The number of nitrogens with zero attached hydrogens (tertiary/aromatic N) is 1. The molecule has 2 N–H and O–H groups in total. The smallest absolute Gasteiger partial charge is 0.269 e. The van der Waals surface area contributed by atoms with E-state index in [2.05, 4.69) is 4.72 Å². The first-order valence-corrected chi connectivity index (χ1v) is 9.31. The van der Waals surface area contributed by atoms with E-state index in [0.717, 1.165) is 17.7 Å². The molecule has 0 amide bonds. The summed E-state index contributed by atoms with van der Waals surface area (Å²) in [4.78, 5) is 9.98. The van der Waals surface area contributed by atoms with Gasteiger partial charge in [0.05, 0.1) is 15.4 Å². The number of nitrogens with one attached hydrogen (secondary N) is 1. The van der Waals surface area contributed by atoms with Crippen molar-refractivity contribution in [2.75, 3.05) is 6.54 Å². The molecule has 2 aromatic carbocycles. The summed E-state index contributed by atoms with van der Waals surface area (Å²) in [7, 11) is -3.85. The lowest BCUT2D eigenvalue weighted by Crippen LogP contribution is -2.46. The van der Waals surface area contributed by atoms with E-state index in [1.54, 1.807) is 0 Å². The first-order valence-electron chi connectivity index (χ1n) is 7.82. The summed E-state index contributed by atoms with van der Waals surface area (Å²) in [5.74, 6) is 0. The fourth-order valence-corrected chi connectivity index (χ4v) is 4.11. The average molecular weight is 362 g/mol. The van der Waals surface area contributed by atoms with Crippen LogP contribution >= 0.6 is 0 Å². The van der Waals surface area contributed by atoms with E-state index in [1.807, 2.05) is 24.3 Å². The lowest BCUT2D eigenvalue weighted by Gasteiger charge is -2.33. The Morgan fingerprint density at radius 1 is 1.12 bits per heavy atom. The number of aliphatic hydroxyl groups is 1. The molecular weight excluding hydrogens is 344 g/mol. The van der Waals surface area contributed by atoms with E-state index in [0.29, 0.717) is 19.3 Å². The number of benzene rings is 2. The monoisotopic (exact) mass is 362 g/mol. The van der Waals surface area contributed by atoms with Crippen LogP contribution in [-0.4, -0.2) is 30.6 Å². The number of nitro benzene ring substituents is 1. The van der Waals surface area contributed by atoms with Crippen molar-refractivity contribution in [1.82, 2.24) is 4.72 Å². The van der Waals surface area contributed by atoms with Crippen LogP contribution in [0, 0.1) is 10.1 Å². The SMILES string of the molecule is O=[N+]([O-])c1ccc(S(=O)(=O)NCC2(O)CCc3ccccc3C2)cc1. The molecule has 0 spiro atoms. The van der Waals surface area contributed by atoms with E-state index < -0.39 is 20.5 Å². The van der Waals surface area contributed by atoms with Gasteiger partial charge < -0.3 is 5.11 Å². The normalized spacial score (nSPS) is 20.0. The molecule has 0 saturated heterocycles. The maximum absolute atomic E-state index is 12.4. The molecule has 0 bridgehead atoms. The van der Waals surface area contributed by atoms with Crippen molar-refractivity contribution in [1.29, 1.82) is 0 Å². The minimum absolute atomic E-state index is 0.0714. The first kappa shape index (κ1) is 17.5. The molecule has 1 aliphatic carbocycles. The van der Waals surface area contributed by atoms with Gasteiger partial charge in [0.1, 0.15) is 0 Å². The van der Waals surface area contributed by atoms with Crippen molar-refractivity contribution >= 4 is 15.7 Å². The van der Waals surface area contributed by atoms with E-state index in [1.165, 1.54) is 17.7 Å². The van der Waals surface area contributed by atoms with Crippen LogP contribution in [0.1, 0.15) is 17.5 Å². The van der Waals surface area contributed by atoms with E-state index in [4.69, 9.17) is 0 Å². The van der Waals surface area contributed by atoms with Crippen LogP contribution in [0.3, 0.4) is 0 Å². The van der Waals surface area contributed by atoms with Gasteiger partial charge in [0.2, 0.25) is 10.0 Å². The van der Waals surface area contributed by atoms with Gasteiger partial charge in [0.15, 0.2) is 0 Å². The van der Waals surface area contributed by atoms with Crippen molar-refractivity contribution in [2.45, 2.75) is 29.8 Å². The Morgan fingerprint density at radius 3 is 2.40 bits per heavy atom. The standard InChI is InChI=1S/C17H18N2O5S/c20-17(10-9-13-3-1-2-4-14(13)11-17)12-18-25(23,24)16-7-5-15(6-8-16)19(21)22/h1-8,18,20H,9-12H2. The Hall–Kier alpha value is -2.29. The number of rotatable bonds is 5. The molecule has 8 heteroatoms. The second-order valence-corrected chi connectivity index (χ2v) is 8.01. The van der Waals surface area contributed by atoms with Crippen LogP contribution in [-0.2, 0) is 22.9 Å². The van der Waals surface area contributed by atoms with Gasteiger partial charge in [-0.1, -0.05) is 24.3 Å². The van der Waals surface area contributed by atoms with Crippen LogP contribution in [0.15, 0.2) is 53.4 Å². The second-order valence-electron chi connectivity index (χ2n) is 6.25. The summed E-state index contributed by atoms with van der Waals surface area (Å²) >= 11 is 0. The van der Waals surface area contributed by atoms with Crippen molar-refractivity contribution in [3.63, 3.8) is 0 Å². The maximum Gasteiger partial charge on any atom is 0.269 e. The highest BCUT2D eigenvalue weighted by Gasteiger charge is 2.33. The maximum atomic E-state index is 12.4. The van der Waals surface area contributed by atoms with Gasteiger partial charge in [-0.15, -0.1) is 0 Å². The highest BCUT2D eigenvalue weighted by Crippen LogP contribution is 2.28. The predicted octanol–water partition coefficient (Wildman–Crippen LogP) is 1.79. The molecule has 0 aliphatic heterocycles. The van der Waals surface area contributed by atoms with Gasteiger partial charge in [-0.25, -0.2) is 13.1 Å². The van der Waals surface area contributed by atoms with Crippen LogP contribution in [0.5, 0.6) is 0 Å². The molecular formula is C17H18N2O5S. The van der Waals surface area contributed by atoms with Crippen molar-refractivity contribution in [2.24, 2.45) is 0 Å². The average Bonchev–Trinajstić information content (AvgIpc) is 2.60. The number of non-ortho nitro benzene ring substituents is 1. The molecule has 25 heavy (non-hydrogen) atoms. The van der Waals surface area contributed by atoms with E-state index >= 15 is 0 Å². The molecule has 1 aliphatic rings. The van der Waals surface area contributed by atoms with Gasteiger partial charge in [-0.3, -0.25) is 10.1 Å². The summed E-state index contributed by atoms with van der Waals surface area (Å²) in [6.45, 7) is -0.110. The Bertz CT molecular complexity index is 896. The summed E-state index contributed by atoms with van der Waals surface area (Å²) in [6.07, 6.45) is 1.53. The number of hydrogen-bond donors (Lipinski definition) is 2. The molecule has 0 fully saturated rings. The van der Waals surface area contributed by atoms with Crippen molar-refractivity contribution in [3.05, 3.63) is 69.8 Å². The number of fused-ring (bicyclic) bond motifs is 1. The Labute approximate surface area is 145 Å². The zero-order valence-electron chi connectivity index (χ0n) is 13.4. The van der Waals surface area contributed by atoms with E-state index in [9.17, 15) is 23.6 Å². The molecule has 0 aromatic heterocycles. The third-order valence-corrected chi connectivity index (χ3v) is 5.86. The largest absolute Gasteiger partial charge is 0.388 e. The zero-order chi connectivity index (χ0) is 18.1. The fourth-order valence-electron chi connectivity index (χ4n) is 2.99. The van der Waals surface area contributed by atoms with Gasteiger partial charge in [0.25, 0.3) is 5.69 Å². The van der Waals surface area contributed by atoms with Gasteiger partial charge in [-0.05, 0) is 36.1 Å². The third kappa shape index (κ3) is 3.87. The summed E-state index contributed by atoms with van der Waals surface area (Å²) < 4.78 is 27.1. The summed E-state index contributed by atoms with van der Waals surface area (Å²) in [6, 6.07) is 12.4. The minimum atomic E-state index is -3.85. The molecule has 7 nitrogen and oxygen atoms in total. The van der Waals surface area contributed by atoms with Crippen molar-refractivity contribution in [3.8, 4) is 0 Å². The molecule has 132 valence electrons. The third-order valence-electron chi connectivity index (χ3n) is 4.45. The first-order chi connectivity index (χ1) is 11.8. The fraction of sp³-hybridized carbons (Fsp3) is 0.294. The van der Waals surface area contributed by atoms with Gasteiger partial charge in [-0.2, -0.15) is 0 Å². The molecule has 3 rings (SSSR count).